The molecular formula is C11H14N2O3. The maximum Gasteiger partial charge on any atom is 0.335 e. The van der Waals surface area contributed by atoms with Gasteiger partial charge in [-0.05, 0) is 26.0 Å². The number of carbonyl (C=O) groups is 1. The van der Waals surface area contributed by atoms with Gasteiger partial charge in [0.25, 0.3) is 5.91 Å². The average Bonchev–Trinajstić information content (AvgIpc) is 2.65. The van der Waals surface area contributed by atoms with Crippen molar-refractivity contribution in [3.8, 4) is 0 Å². The van der Waals surface area contributed by atoms with Crippen LogP contribution in [0.5, 0.6) is 0 Å². The second-order valence-corrected chi connectivity index (χ2v) is 4.28. The fourth-order valence-electron chi connectivity index (χ4n) is 1.76. The van der Waals surface area contributed by atoms with Crippen LogP contribution in [-0.4, -0.2) is 24.5 Å². The fourth-order valence-corrected chi connectivity index (χ4v) is 1.76. The molecule has 0 aromatic carbocycles. The topological polar surface area (TPSA) is 71.3 Å². The van der Waals surface area contributed by atoms with Crippen molar-refractivity contribution in [2.75, 3.05) is 13.1 Å². The highest BCUT2D eigenvalue weighted by molar-refractivity contribution is 5.94. The number of hydrogen-bond donors (Lipinski definition) is 2. The summed E-state index contributed by atoms with van der Waals surface area (Å²) >= 11 is 0. The van der Waals surface area contributed by atoms with Crippen molar-refractivity contribution in [2.45, 2.75) is 18.9 Å². The average molecular weight is 222 g/mol. The van der Waals surface area contributed by atoms with Crippen molar-refractivity contribution in [1.82, 2.24) is 10.6 Å². The van der Waals surface area contributed by atoms with Crippen LogP contribution in [0.1, 0.15) is 23.7 Å². The Labute approximate surface area is 92.8 Å². The van der Waals surface area contributed by atoms with Gasteiger partial charge in [-0.1, -0.05) is 0 Å². The molecule has 1 aromatic rings. The van der Waals surface area contributed by atoms with Gasteiger partial charge in [-0.25, -0.2) is 4.79 Å². The number of carbonyl (C=O) groups excluding carboxylic acids is 1. The molecule has 0 bridgehead atoms. The first kappa shape index (κ1) is 10.9. The Hall–Kier alpha value is -1.62. The van der Waals surface area contributed by atoms with E-state index in [0.717, 1.165) is 19.5 Å². The molecule has 16 heavy (non-hydrogen) atoms. The Morgan fingerprint density at radius 1 is 1.56 bits per heavy atom. The normalized spacial score (nSPS) is 24.3. The first-order valence-electron chi connectivity index (χ1n) is 5.21. The summed E-state index contributed by atoms with van der Waals surface area (Å²) in [6.07, 6.45) is 2.08. The summed E-state index contributed by atoms with van der Waals surface area (Å²) in [7, 11) is 0. The highest BCUT2D eigenvalue weighted by atomic mass is 16.4. The van der Waals surface area contributed by atoms with Gasteiger partial charge >= 0.3 is 5.63 Å². The lowest BCUT2D eigenvalue weighted by Crippen LogP contribution is -2.47. The molecule has 1 unspecified atom stereocenters. The molecule has 1 saturated heterocycles. The Morgan fingerprint density at radius 2 is 2.38 bits per heavy atom. The van der Waals surface area contributed by atoms with E-state index in [-0.39, 0.29) is 11.4 Å². The van der Waals surface area contributed by atoms with Gasteiger partial charge in [0.15, 0.2) is 0 Å². The third-order valence-corrected chi connectivity index (χ3v) is 2.75. The smallest absolute Gasteiger partial charge is 0.335 e. The molecular weight excluding hydrogens is 208 g/mol. The maximum absolute atomic E-state index is 11.8. The van der Waals surface area contributed by atoms with E-state index in [9.17, 15) is 9.59 Å². The third-order valence-electron chi connectivity index (χ3n) is 2.75. The number of amides is 1. The van der Waals surface area contributed by atoms with E-state index in [4.69, 9.17) is 0 Å². The molecule has 2 N–H and O–H groups in total. The molecule has 2 heterocycles. The zero-order valence-electron chi connectivity index (χ0n) is 9.08. The Bertz CT molecular complexity index is 426. The summed E-state index contributed by atoms with van der Waals surface area (Å²) in [4.78, 5) is 22.6. The largest absolute Gasteiger partial charge is 0.430 e. The maximum atomic E-state index is 11.8. The molecule has 1 aliphatic heterocycles. The molecule has 0 radical (unpaired) electrons. The van der Waals surface area contributed by atoms with Crippen molar-refractivity contribution in [1.29, 1.82) is 0 Å². The minimum Gasteiger partial charge on any atom is -0.430 e. The quantitative estimate of drug-likeness (QED) is 0.745. The number of rotatable bonds is 2. The highest BCUT2D eigenvalue weighted by Gasteiger charge is 2.30. The van der Waals surface area contributed by atoms with Crippen LogP contribution in [0.25, 0.3) is 0 Å². The highest BCUT2D eigenvalue weighted by Crippen LogP contribution is 2.13. The van der Waals surface area contributed by atoms with E-state index in [2.05, 4.69) is 15.1 Å². The van der Waals surface area contributed by atoms with Crippen LogP contribution in [0.3, 0.4) is 0 Å². The van der Waals surface area contributed by atoms with Crippen molar-refractivity contribution in [3.05, 3.63) is 34.4 Å². The lowest BCUT2D eigenvalue weighted by Gasteiger charge is -2.24. The van der Waals surface area contributed by atoms with Crippen LogP contribution in [0.15, 0.2) is 27.6 Å². The molecule has 1 aliphatic rings. The van der Waals surface area contributed by atoms with Gasteiger partial charge in [-0.2, -0.15) is 0 Å². The molecule has 0 aliphatic carbocycles. The summed E-state index contributed by atoms with van der Waals surface area (Å²) in [5.41, 5.74) is -0.300. The molecule has 1 aromatic heterocycles. The van der Waals surface area contributed by atoms with Crippen molar-refractivity contribution in [3.63, 3.8) is 0 Å². The molecule has 5 nitrogen and oxygen atoms in total. The third kappa shape index (κ3) is 2.30. The van der Waals surface area contributed by atoms with Gasteiger partial charge in [0.1, 0.15) is 6.26 Å². The van der Waals surface area contributed by atoms with Crippen molar-refractivity contribution in [2.24, 2.45) is 0 Å². The lowest BCUT2D eigenvalue weighted by atomic mass is 10.0. The predicted octanol–water partition coefficient (Wildman–Crippen LogP) is 0.122. The van der Waals surface area contributed by atoms with Gasteiger partial charge in [-0.3, -0.25) is 4.79 Å². The SMILES string of the molecule is CC1(NC(=O)c2ccc(=O)oc2)CCNC1. The van der Waals surface area contributed by atoms with E-state index < -0.39 is 5.63 Å². The number of hydrogen-bond acceptors (Lipinski definition) is 4. The molecule has 1 amide bonds. The standard InChI is InChI=1S/C11H14N2O3/c1-11(4-5-12-7-11)13-10(15)8-2-3-9(14)16-6-8/h2-3,6,12H,4-5,7H2,1H3,(H,13,15). The zero-order valence-corrected chi connectivity index (χ0v) is 9.08. The van der Waals surface area contributed by atoms with Crippen LogP contribution < -0.4 is 16.3 Å². The van der Waals surface area contributed by atoms with Gasteiger partial charge in [0.05, 0.1) is 11.1 Å². The number of nitrogens with one attached hydrogen (secondary N) is 2. The van der Waals surface area contributed by atoms with Gasteiger partial charge in [-0.15, -0.1) is 0 Å². The minimum absolute atomic E-state index is 0.213. The first-order chi connectivity index (χ1) is 7.59. The Balaban J connectivity index is 2.08. The molecule has 5 heteroatoms. The molecule has 1 atom stereocenters. The summed E-state index contributed by atoms with van der Waals surface area (Å²) in [6, 6.07) is 2.71. The fraction of sp³-hybridized carbons (Fsp3) is 0.455. The van der Waals surface area contributed by atoms with E-state index >= 15 is 0 Å². The van der Waals surface area contributed by atoms with E-state index in [0.29, 0.717) is 5.56 Å². The van der Waals surface area contributed by atoms with Crippen LogP contribution in [0.4, 0.5) is 0 Å². The first-order valence-corrected chi connectivity index (χ1v) is 5.21. The summed E-state index contributed by atoms with van der Waals surface area (Å²) in [6.45, 7) is 3.65. The van der Waals surface area contributed by atoms with E-state index in [1.165, 1.54) is 18.4 Å². The molecule has 0 saturated carbocycles. The monoisotopic (exact) mass is 222 g/mol. The Morgan fingerprint density at radius 3 is 2.94 bits per heavy atom. The zero-order chi connectivity index (χ0) is 11.6. The summed E-state index contributed by atoms with van der Waals surface area (Å²) < 4.78 is 4.64. The van der Waals surface area contributed by atoms with Crippen molar-refractivity contribution >= 4 is 5.91 Å². The molecule has 2 rings (SSSR count). The van der Waals surface area contributed by atoms with Crippen LogP contribution in [0, 0.1) is 0 Å². The van der Waals surface area contributed by atoms with Crippen LogP contribution in [-0.2, 0) is 0 Å². The van der Waals surface area contributed by atoms with Gasteiger partial charge in [0.2, 0.25) is 0 Å². The van der Waals surface area contributed by atoms with Crippen LogP contribution in [0.2, 0.25) is 0 Å². The summed E-state index contributed by atoms with van der Waals surface area (Å²) in [5.74, 6) is -0.213. The summed E-state index contributed by atoms with van der Waals surface area (Å²) in [5, 5.41) is 6.12. The second kappa shape index (κ2) is 4.09. The molecule has 86 valence electrons. The van der Waals surface area contributed by atoms with Gasteiger partial charge < -0.3 is 15.1 Å². The van der Waals surface area contributed by atoms with Crippen LogP contribution >= 0.6 is 0 Å². The minimum atomic E-state index is -0.453. The second-order valence-electron chi connectivity index (χ2n) is 4.28. The molecule has 1 fully saturated rings. The molecule has 0 spiro atoms. The predicted molar refractivity (Wildman–Crippen MR) is 58.3 cm³/mol. The lowest BCUT2D eigenvalue weighted by molar-refractivity contribution is 0.0910. The van der Waals surface area contributed by atoms with Gasteiger partial charge in [0, 0.05) is 12.6 Å². The van der Waals surface area contributed by atoms with E-state index in [1.54, 1.807) is 0 Å². The Kier molecular flexibility index (Phi) is 2.78. The van der Waals surface area contributed by atoms with Crippen molar-refractivity contribution < 1.29 is 9.21 Å². The van der Waals surface area contributed by atoms with E-state index in [1.807, 2.05) is 6.92 Å².